The first kappa shape index (κ1) is 29.8. The first-order valence-corrected chi connectivity index (χ1v) is 14.9. The lowest BCUT2D eigenvalue weighted by atomic mass is 10.0. The number of carbonyl (C=O) groups excluding carboxylic acids is 1. The average molecular weight is 570 g/mol. The lowest BCUT2D eigenvalue weighted by Gasteiger charge is -2.44. The third kappa shape index (κ3) is 7.61. The van der Waals surface area contributed by atoms with Crippen molar-refractivity contribution >= 4 is 11.6 Å². The minimum Gasteiger partial charge on any atom is -0.474 e. The number of hydrogen-bond acceptors (Lipinski definition) is 8. The van der Waals surface area contributed by atoms with Crippen molar-refractivity contribution in [2.24, 2.45) is 0 Å². The van der Waals surface area contributed by atoms with Crippen LogP contribution in [0.1, 0.15) is 38.8 Å². The Morgan fingerprint density at radius 2 is 1.95 bits per heavy atom. The van der Waals surface area contributed by atoms with Crippen LogP contribution in [0.4, 0.5) is 10.1 Å². The van der Waals surface area contributed by atoms with Crippen LogP contribution >= 0.6 is 0 Å². The molecule has 0 spiro atoms. The van der Waals surface area contributed by atoms with Gasteiger partial charge in [-0.3, -0.25) is 19.5 Å². The van der Waals surface area contributed by atoms with Gasteiger partial charge in [0.2, 0.25) is 11.8 Å². The fourth-order valence-corrected chi connectivity index (χ4v) is 5.87. The van der Waals surface area contributed by atoms with E-state index in [-0.39, 0.29) is 29.9 Å². The summed E-state index contributed by atoms with van der Waals surface area (Å²) in [7, 11) is 0. The quantitative estimate of drug-likeness (QED) is 0.494. The molecule has 3 aliphatic rings. The highest BCUT2D eigenvalue weighted by atomic mass is 19.1. The minimum absolute atomic E-state index is 0.0155. The molecule has 0 radical (unpaired) electrons. The summed E-state index contributed by atoms with van der Waals surface area (Å²) in [5.41, 5.74) is 2.56. The predicted molar refractivity (Wildman–Crippen MR) is 156 cm³/mol. The Morgan fingerprint density at radius 1 is 1.15 bits per heavy atom. The zero-order valence-electron chi connectivity index (χ0n) is 24.7. The van der Waals surface area contributed by atoms with Gasteiger partial charge < -0.3 is 19.5 Å². The number of anilines is 1. The number of amides is 1. The molecule has 1 aromatic carbocycles. The standard InChI is InChI=1S/C31H44FN5O4/c1-21(2)40-19-28-20-41-31-29(12-25(13-34-31)11-24-5-7-26(32)8-6-24)37(28)30(38)17-36-15-22(3)33-14-27(36)16-35-9-10-39-18-23(35)4/h5-8,12-13,21-23,27-28,33H,9-11,14-20H2,1-4H3/t22-,23-,27-,28+/m1/s1. The van der Waals surface area contributed by atoms with Crippen LogP contribution in [0.5, 0.6) is 5.88 Å². The Balaban J connectivity index is 1.38. The molecule has 10 heteroatoms. The van der Waals surface area contributed by atoms with Gasteiger partial charge in [0.1, 0.15) is 18.1 Å². The molecule has 41 heavy (non-hydrogen) atoms. The summed E-state index contributed by atoms with van der Waals surface area (Å²) < 4.78 is 31.1. The second kappa shape index (κ2) is 13.6. The zero-order chi connectivity index (χ0) is 28.9. The van der Waals surface area contributed by atoms with Gasteiger partial charge in [0.25, 0.3) is 0 Å². The second-order valence-corrected chi connectivity index (χ2v) is 11.9. The zero-order valence-corrected chi connectivity index (χ0v) is 24.7. The van der Waals surface area contributed by atoms with E-state index in [1.807, 2.05) is 24.8 Å². The van der Waals surface area contributed by atoms with Crippen molar-refractivity contribution in [3.05, 3.63) is 53.5 Å². The van der Waals surface area contributed by atoms with Gasteiger partial charge >= 0.3 is 0 Å². The van der Waals surface area contributed by atoms with E-state index in [0.717, 1.165) is 50.5 Å². The largest absolute Gasteiger partial charge is 0.474 e. The molecular formula is C31H44FN5O4. The first-order valence-electron chi connectivity index (χ1n) is 14.9. The molecule has 0 saturated carbocycles. The van der Waals surface area contributed by atoms with E-state index in [2.05, 4.69) is 33.9 Å². The molecule has 3 aliphatic heterocycles. The number of piperazine rings is 1. The molecule has 2 aromatic rings. The van der Waals surface area contributed by atoms with Gasteiger partial charge in [-0.15, -0.1) is 0 Å². The van der Waals surface area contributed by atoms with Gasteiger partial charge in [-0.25, -0.2) is 9.37 Å². The lowest BCUT2D eigenvalue weighted by molar-refractivity contribution is -0.122. The molecule has 224 valence electrons. The Bertz CT molecular complexity index is 1170. The van der Waals surface area contributed by atoms with E-state index in [1.54, 1.807) is 18.3 Å². The van der Waals surface area contributed by atoms with Crippen molar-refractivity contribution in [3.8, 4) is 5.88 Å². The molecule has 4 atom stereocenters. The van der Waals surface area contributed by atoms with E-state index >= 15 is 0 Å². The van der Waals surface area contributed by atoms with E-state index < -0.39 is 0 Å². The van der Waals surface area contributed by atoms with Gasteiger partial charge in [-0.2, -0.15) is 0 Å². The van der Waals surface area contributed by atoms with Crippen LogP contribution in [-0.4, -0.2) is 110 Å². The SMILES string of the molecule is CC(C)OC[C@H]1COc2ncc(Cc3ccc(F)cc3)cc2N1C(=O)CN1C[C@@H](C)NC[C@@H]1CN1CCOC[C@H]1C. The van der Waals surface area contributed by atoms with E-state index in [1.165, 1.54) is 12.1 Å². The summed E-state index contributed by atoms with van der Waals surface area (Å²) in [6, 6.07) is 9.05. The number of halogens is 1. The Hall–Kier alpha value is -2.63. The molecule has 2 fully saturated rings. The number of carbonyl (C=O) groups is 1. The molecule has 0 bridgehead atoms. The number of rotatable bonds is 9. The third-order valence-electron chi connectivity index (χ3n) is 8.15. The number of ether oxygens (including phenoxy) is 3. The molecule has 0 aliphatic carbocycles. The smallest absolute Gasteiger partial charge is 0.241 e. The number of hydrogen-bond donors (Lipinski definition) is 1. The van der Waals surface area contributed by atoms with Crippen molar-refractivity contribution in [2.75, 3.05) is 64.1 Å². The Kier molecular flexibility index (Phi) is 9.87. The summed E-state index contributed by atoms with van der Waals surface area (Å²) in [6.45, 7) is 14.3. The van der Waals surface area contributed by atoms with Crippen molar-refractivity contribution in [3.63, 3.8) is 0 Å². The summed E-state index contributed by atoms with van der Waals surface area (Å²) in [5.74, 6) is 0.204. The van der Waals surface area contributed by atoms with Crippen LogP contribution in [0.25, 0.3) is 0 Å². The second-order valence-electron chi connectivity index (χ2n) is 11.9. The van der Waals surface area contributed by atoms with E-state index in [4.69, 9.17) is 14.2 Å². The monoisotopic (exact) mass is 569 g/mol. The van der Waals surface area contributed by atoms with Crippen LogP contribution in [-0.2, 0) is 20.7 Å². The number of pyridine rings is 1. The highest BCUT2D eigenvalue weighted by molar-refractivity contribution is 5.97. The molecule has 5 rings (SSSR count). The molecule has 4 heterocycles. The van der Waals surface area contributed by atoms with Crippen molar-refractivity contribution < 1.29 is 23.4 Å². The number of morpholine rings is 1. The van der Waals surface area contributed by atoms with Gasteiger partial charge in [-0.05, 0) is 63.4 Å². The van der Waals surface area contributed by atoms with Crippen molar-refractivity contribution in [2.45, 2.75) is 64.4 Å². The van der Waals surface area contributed by atoms with Crippen LogP contribution in [0.2, 0.25) is 0 Å². The van der Waals surface area contributed by atoms with Crippen LogP contribution in [0, 0.1) is 5.82 Å². The maximum Gasteiger partial charge on any atom is 0.241 e. The normalized spacial score (nSPS) is 25.7. The van der Waals surface area contributed by atoms with Crippen LogP contribution < -0.4 is 15.0 Å². The topological polar surface area (TPSA) is 79.4 Å². The average Bonchev–Trinajstić information content (AvgIpc) is 2.95. The van der Waals surface area contributed by atoms with Gasteiger partial charge in [-0.1, -0.05) is 12.1 Å². The number of aromatic nitrogens is 1. The summed E-state index contributed by atoms with van der Waals surface area (Å²) in [6.07, 6.45) is 2.38. The number of benzene rings is 1. The maximum absolute atomic E-state index is 14.2. The summed E-state index contributed by atoms with van der Waals surface area (Å²) in [4.78, 5) is 25.5. The van der Waals surface area contributed by atoms with Crippen LogP contribution in [0.15, 0.2) is 36.5 Å². The number of fused-ring (bicyclic) bond motifs is 1. The highest BCUT2D eigenvalue weighted by Crippen LogP contribution is 2.34. The number of nitrogens with zero attached hydrogens (tertiary/aromatic N) is 4. The van der Waals surface area contributed by atoms with Crippen molar-refractivity contribution in [1.82, 2.24) is 20.1 Å². The lowest BCUT2D eigenvalue weighted by Crippen LogP contribution is -2.63. The van der Waals surface area contributed by atoms with Gasteiger partial charge in [0, 0.05) is 50.5 Å². The fraction of sp³-hybridized carbons (Fsp3) is 0.613. The molecule has 1 amide bonds. The molecule has 1 N–H and O–H groups in total. The molecular weight excluding hydrogens is 525 g/mol. The number of nitrogens with one attached hydrogen (secondary N) is 1. The first-order chi connectivity index (χ1) is 19.8. The summed E-state index contributed by atoms with van der Waals surface area (Å²) >= 11 is 0. The summed E-state index contributed by atoms with van der Waals surface area (Å²) in [5, 5.41) is 3.61. The Labute approximate surface area is 242 Å². The fourth-order valence-electron chi connectivity index (χ4n) is 5.87. The van der Waals surface area contributed by atoms with Gasteiger partial charge in [0.15, 0.2) is 0 Å². The van der Waals surface area contributed by atoms with Crippen LogP contribution in [0.3, 0.4) is 0 Å². The molecule has 0 unspecified atom stereocenters. The maximum atomic E-state index is 14.2. The highest BCUT2D eigenvalue weighted by Gasteiger charge is 2.37. The van der Waals surface area contributed by atoms with E-state index in [0.29, 0.717) is 49.8 Å². The molecule has 9 nitrogen and oxygen atoms in total. The molecule has 1 aromatic heterocycles. The van der Waals surface area contributed by atoms with Crippen molar-refractivity contribution in [1.29, 1.82) is 0 Å². The minimum atomic E-state index is -0.265. The molecule has 2 saturated heterocycles. The third-order valence-corrected chi connectivity index (χ3v) is 8.15. The van der Waals surface area contributed by atoms with E-state index in [9.17, 15) is 9.18 Å². The predicted octanol–water partition coefficient (Wildman–Crippen LogP) is 2.71. The van der Waals surface area contributed by atoms with Gasteiger partial charge in [0.05, 0.1) is 38.5 Å². The Morgan fingerprint density at radius 3 is 2.71 bits per heavy atom.